The number of aromatic nitrogens is 1. The standard InChI is InChI=1S/C25H22F3N3O4S2/c1-13-31(23(33)15-2-6-16(7-3-15)25(26,27)28)19-10-20(37-21(19)24(34)35-13)14-4-8-17(9-5-14)30-22(32)18-11-36-12-29-18/h4-5,8-13,15-16H,2-3,6-7H2,1H3,(H,30,32). The van der Waals surface area contributed by atoms with E-state index in [1.807, 2.05) is 0 Å². The van der Waals surface area contributed by atoms with Crippen molar-refractivity contribution in [1.82, 2.24) is 4.98 Å². The largest absolute Gasteiger partial charge is 0.437 e. The summed E-state index contributed by atoms with van der Waals surface area (Å²) in [6, 6.07) is 8.75. The van der Waals surface area contributed by atoms with Gasteiger partial charge in [0.25, 0.3) is 5.91 Å². The average Bonchev–Trinajstić information content (AvgIpc) is 3.55. The van der Waals surface area contributed by atoms with E-state index in [0.29, 0.717) is 21.9 Å². The van der Waals surface area contributed by atoms with Gasteiger partial charge in [-0.1, -0.05) is 12.1 Å². The Labute approximate surface area is 218 Å². The molecule has 0 radical (unpaired) electrons. The Balaban J connectivity index is 1.34. The molecule has 0 saturated heterocycles. The zero-order valence-corrected chi connectivity index (χ0v) is 21.2. The zero-order valence-electron chi connectivity index (χ0n) is 19.6. The molecule has 3 aromatic rings. The molecule has 1 fully saturated rings. The molecular formula is C25H22F3N3O4S2. The molecular weight excluding hydrogens is 527 g/mol. The molecule has 0 bridgehead atoms. The van der Waals surface area contributed by atoms with Crippen LogP contribution in [0.4, 0.5) is 24.5 Å². The lowest BCUT2D eigenvalue weighted by atomic mass is 9.81. The third-order valence-corrected chi connectivity index (χ3v) is 8.41. The average molecular weight is 550 g/mol. The lowest BCUT2D eigenvalue weighted by Gasteiger charge is -2.37. The number of nitrogens with zero attached hydrogens (tertiary/aromatic N) is 2. The Morgan fingerprint density at radius 1 is 1.14 bits per heavy atom. The fourth-order valence-corrected chi connectivity index (χ4v) is 6.28. The number of nitrogens with one attached hydrogen (secondary N) is 1. The molecule has 5 rings (SSSR count). The first-order valence-electron chi connectivity index (χ1n) is 11.7. The second-order valence-electron chi connectivity index (χ2n) is 9.03. The molecule has 2 amide bonds. The maximum atomic E-state index is 13.4. The summed E-state index contributed by atoms with van der Waals surface area (Å²) < 4.78 is 44.6. The number of thiazole rings is 1. The van der Waals surface area contributed by atoms with Gasteiger partial charge in [-0.15, -0.1) is 22.7 Å². The number of halogens is 3. The summed E-state index contributed by atoms with van der Waals surface area (Å²) in [7, 11) is 0. The minimum Gasteiger partial charge on any atom is -0.437 e. The molecule has 2 aromatic heterocycles. The van der Waals surface area contributed by atoms with Crippen LogP contribution in [0.3, 0.4) is 0 Å². The van der Waals surface area contributed by atoms with Crippen molar-refractivity contribution in [2.45, 2.75) is 45.0 Å². The van der Waals surface area contributed by atoms with Crippen LogP contribution >= 0.6 is 22.7 Å². The van der Waals surface area contributed by atoms with E-state index >= 15 is 0 Å². The highest BCUT2D eigenvalue weighted by Gasteiger charge is 2.45. The summed E-state index contributed by atoms with van der Waals surface area (Å²) in [6.07, 6.45) is -5.01. The summed E-state index contributed by atoms with van der Waals surface area (Å²) >= 11 is 2.50. The van der Waals surface area contributed by atoms with Gasteiger partial charge in [0.15, 0.2) is 6.23 Å². The number of anilines is 2. The summed E-state index contributed by atoms with van der Waals surface area (Å²) in [5.74, 6) is -3.14. The lowest BCUT2D eigenvalue weighted by molar-refractivity contribution is -0.184. The van der Waals surface area contributed by atoms with Crippen molar-refractivity contribution in [3.8, 4) is 10.4 Å². The molecule has 1 saturated carbocycles. The molecule has 0 spiro atoms. The Kier molecular flexibility index (Phi) is 6.80. The number of hydrogen-bond acceptors (Lipinski definition) is 7. The number of fused-ring (bicyclic) bond motifs is 1. The topological polar surface area (TPSA) is 88.6 Å². The summed E-state index contributed by atoms with van der Waals surface area (Å²) in [5, 5.41) is 4.41. The van der Waals surface area contributed by atoms with Gasteiger partial charge in [0.05, 0.1) is 17.1 Å². The number of rotatable bonds is 4. The highest BCUT2D eigenvalue weighted by atomic mass is 32.1. The molecule has 12 heteroatoms. The molecule has 1 N–H and O–H groups in total. The number of thiophene rings is 1. The van der Waals surface area contributed by atoms with Gasteiger partial charge >= 0.3 is 12.1 Å². The van der Waals surface area contributed by atoms with Crippen molar-refractivity contribution in [3.63, 3.8) is 0 Å². The summed E-state index contributed by atoms with van der Waals surface area (Å²) in [6.45, 7) is 1.58. The number of cyclic esters (lactones) is 1. The Morgan fingerprint density at radius 3 is 2.46 bits per heavy atom. The van der Waals surface area contributed by atoms with Crippen LogP contribution in [0.5, 0.6) is 0 Å². The smallest absolute Gasteiger partial charge is 0.391 e. The predicted molar refractivity (Wildman–Crippen MR) is 134 cm³/mol. The second kappa shape index (κ2) is 9.90. The third kappa shape index (κ3) is 5.12. The molecule has 1 aliphatic heterocycles. The normalized spacial score (nSPS) is 21.8. The SMILES string of the molecule is CC1OC(=O)c2sc(-c3ccc(NC(=O)c4cscn4)cc3)cc2N1C(=O)C1CCC(C(F)(F)F)CC1. The van der Waals surface area contributed by atoms with E-state index < -0.39 is 30.2 Å². The van der Waals surface area contributed by atoms with E-state index in [1.54, 1.807) is 48.1 Å². The summed E-state index contributed by atoms with van der Waals surface area (Å²) in [5.41, 5.74) is 3.65. The summed E-state index contributed by atoms with van der Waals surface area (Å²) in [4.78, 5) is 44.6. The van der Waals surface area contributed by atoms with E-state index in [9.17, 15) is 27.6 Å². The second-order valence-corrected chi connectivity index (χ2v) is 10.8. The fourth-order valence-electron chi connectivity index (χ4n) is 4.71. The number of carbonyl (C=O) groups is 3. The van der Waals surface area contributed by atoms with Crippen molar-refractivity contribution in [1.29, 1.82) is 0 Å². The van der Waals surface area contributed by atoms with E-state index in [1.165, 1.54) is 27.6 Å². The minimum atomic E-state index is -4.25. The first-order valence-corrected chi connectivity index (χ1v) is 13.4. The number of amides is 2. The maximum Gasteiger partial charge on any atom is 0.391 e. The van der Waals surface area contributed by atoms with Crippen LogP contribution in [0.25, 0.3) is 10.4 Å². The molecule has 2 aliphatic rings. The van der Waals surface area contributed by atoms with Gasteiger partial charge in [-0.05, 0) is 56.4 Å². The molecule has 1 unspecified atom stereocenters. The Hall–Kier alpha value is -3.25. The molecule has 1 atom stereocenters. The van der Waals surface area contributed by atoms with Crippen LogP contribution < -0.4 is 10.2 Å². The van der Waals surface area contributed by atoms with Crippen molar-refractivity contribution in [2.75, 3.05) is 10.2 Å². The van der Waals surface area contributed by atoms with Crippen LogP contribution in [0.15, 0.2) is 41.2 Å². The number of benzene rings is 1. The van der Waals surface area contributed by atoms with Gasteiger partial charge in [0, 0.05) is 21.9 Å². The van der Waals surface area contributed by atoms with Crippen molar-refractivity contribution in [2.24, 2.45) is 11.8 Å². The molecule has 37 heavy (non-hydrogen) atoms. The van der Waals surface area contributed by atoms with Crippen LogP contribution in [-0.2, 0) is 9.53 Å². The van der Waals surface area contributed by atoms with Crippen molar-refractivity contribution in [3.05, 3.63) is 51.8 Å². The number of esters is 1. The van der Waals surface area contributed by atoms with Crippen LogP contribution in [0.1, 0.15) is 52.8 Å². The fraction of sp³-hybridized carbons (Fsp3) is 0.360. The molecule has 194 valence electrons. The molecule has 1 aromatic carbocycles. The number of hydrogen-bond donors (Lipinski definition) is 1. The number of ether oxygens (including phenoxy) is 1. The molecule has 7 nitrogen and oxygen atoms in total. The minimum absolute atomic E-state index is 0.0883. The highest BCUT2D eigenvalue weighted by Crippen LogP contribution is 2.44. The third-order valence-electron chi connectivity index (χ3n) is 6.67. The van der Waals surface area contributed by atoms with Gasteiger partial charge in [-0.25, -0.2) is 9.78 Å². The molecule has 3 heterocycles. The van der Waals surface area contributed by atoms with E-state index in [4.69, 9.17) is 4.74 Å². The maximum absolute atomic E-state index is 13.4. The van der Waals surface area contributed by atoms with Gasteiger partial charge in [-0.3, -0.25) is 14.5 Å². The van der Waals surface area contributed by atoms with E-state index in [0.717, 1.165) is 5.56 Å². The van der Waals surface area contributed by atoms with Crippen molar-refractivity contribution >= 4 is 51.8 Å². The Bertz CT molecular complexity index is 1310. The van der Waals surface area contributed by atoms with Gasteiger partial charge < -0.3 is 10.1 Å². The van der Waals surface area contributed by atoms with Crippen LogP contribution in [0, 0.1) is 11.8 Å². The lowest BCUT2D eigenvalue weighted by Crippen LogP contribution is -2.48. The Morgan fingerprint density at radius 2 is 1.84 bits per heavy atom. The van der Waals surface area contributed by atoms with E-state index in [-0.39, 0.29) is 42.4 Å². The monoisotopic (exact) mass is 549 g/mol. The van der Waals surface area contributed by atoms with Crippen molar-refractivity contribution < 1.29 is 32.3 Å². The first-order chi connectivity index (χ1) is 17.6. The van der Waals surface area contributed by atoms with Crippen LogP contribution in [0.2, 0.25) is 0 Å². The molecule has 1 aliphatic carbocycles. The van der Waals surface area contributed by atoms with Gasteiger partial charge in [0.1, 0.15) is 10.6 Å². The van der Waals surface area contributed by atoms with Crippen LogP contribution in [-0.4, -0.2) is 35.2 Å². The number of carbonyl (C=O) groups excluding carboxylic acids is 3. The number of alkyl halides is 3. The highest BCUT2D eigenvalue weighted by molar-refractivity contribution is 7.18. The predicted octanol–water partition coefficient (Wildman–Crippen LogP) is 6.34. The zero-order chi connectivity index (χ0) is 26.3. The van der Waals surface area contributed by atoms with E-state index in [2.05, 4.69) is 10.3 Å². The quantitative estimate of drug-likeness (QED) is 0.384. The first kappa shape index (κ1) is 25.4. The van der Waals surface area contributed by atoms with Gasteiger partial charge in [0.2, 0.25) is 5.91 Å². The van der Waals surface area contributed by atoms with Gasteiger partial charge in [-0.2, -0.15) is 13.2 Å².